The third kappa shape index (κ3) is 3.57. The monoisotopic (exact) mass is 363 g/mol. The molecule has 3 aromatic rings. The van der Waals surface area contributed by atoms with Gasteiger partial charge in [-0.1, -0.05) is 30.3 Å². The first-order valence-electron chi connectivity index (χ1n) is 9.59. The second-order valence-corrected chi connectivity index (χ2v) is 7.34. The van der Waals surface area contributed by atoms with E-state index >= 15 is 0 Å². The number of hydrogen-bond acceptors (Lipinski definition) is 4. The summed E-state index contributed by atoms with van der Waals surface area (Å²) in [7, 11) is 0. The number of hydrogen-bond donors (Lipinski definition) is 2. The van der Waals surface area contributed by atoms with Crippen LogP contribution in [0, 0.1) is 0 Å². The molecule has 0 atom stereocenters. The van der Waals surface area contributed by atoms with E-state index in [1.165, 1.54) is 0 Å². The number of aromatic nitrogens is 3. The number of carbonyl (C=O) groups excluding carboxylic acids is 1. The summed E-state index contributed by atoms with van der Waals surface area (Å²) in [5.74, 6) is -0.0465. The summed E-state index contributed by atoms with van der Waals surface area (Å²) in [5, 5.41) is 11.8. The first-order chi connectivity index (χ1) is 13.1. The van der Waals surface area contributed by atoms with E-state index in [1.807, 2.05) is 41.1 Å². The van der Waals surface area contributed by atoms with E-state index in [2.05, 4.69) is 29.6 Å². The van der Waals surface area contributed by atoms with Crippen LogP contribution in [-0.2, 0) is 0 Å². The first kappa shape index (κ1) is 17.7. The van der Waals surface area contributed by atoms with Crippen LogP contribution in [0.3, 0.4) is 0 Å². The molecule has 140 valence electrons. The topological polar surface area (TPSA) is 71.8 Å². The second kappa shape index (κ2) is 7.48. The van der Waals surface area contributed by atoms with Gasteiger partial charge in [-0.2, -0.15) is 5.10 Å². The molecule has 0 radical (unpaired) electrons. The maximum Gasteiger partial charge on any atom is 0.252 e. The lowest BCUT2D eigenvalue weighted by Crippen LogP contribution is -2.42. The van der Waals surface area contributed by atoms with Crippen molar-refractivity contribution in [1.29, 1.82) is 0 Å². The van der Waals surface area contributed by atoms with E-state index in [1.54, 1.807) is 6.20 Å². The molecule has 6 heteroatoms. The number of fused-ring (bicyclic) bond motifs is 1. The average Bonchev–Trinajstić information content (AvgIpc) is 3.13. The van der Waals surface area contributed by atoms with Crippen molar-refractivity contribution in [1.82, 2.24) is 25.4 Å². The highest BCUT2D eigenvalue weighted by Crippen LogP contribution is 2.26. The fraction of sp³-hybridized carbons (Fsp3) is 0.381. The van der Waals surface area contributed by atoms with Gasteiger partial charge in [0.25, 0.3) is 5.91 Å². The average molecular weight is 363 g/mol. The van der Waals surface area contributed by atoms with E-state index in [-0.39, 0.29) is 18.0 Å². The van der Waals surface area contributed by atoms with Crippen molar-refractivity contribution in [3.63, 3.8) is 0 Å². The van der Waals surface area contributed by atoms with Gasteiger partial charge in [0, 0.05) is 17.6 Å². The predicted octanol–water partition coefficient (Wildman–Crippen LogP) is 3.16. The third-order valence-corrected chi connectivity index (χ3v) is 5.04. The quantitative estimate of drug-likeness (QED) is 0.747. The molecule has 1 aliphatic rings. The van der Waals surface area contributed by atoms with Crippen LogP contribution in [0.15, 0.2) is 42.6 Å². The summed E-state index contributed by atoms with van der Waals surface area (Å²) in [6, 6.07) is 12.2. The van der Waals surface area contributed by atoms with Crippen LogP contribution in [0.1, 0.15) is 43.1 Å². The molecule has 0 saturated carbocycles. The highest BCUT2D eigenvalue weighted by molar-refractivity contribution is 6.06. The summed E-state index contributed by atoms with van der Waals surface area (Å²) in [5.41, 5.74) is 3.18. The lowest BCUT2D eigenvalue weighted by molar-refractivity contribution is 0.0931. The maximum atomic E-state index is 13.1. The maximum absolute atomic E-state index is 13.1. The van der Waals surface area contributed by atoms with Crippen LogP contribution < -0.4 is 10.6 Å². The summed E-state index contributed by atoms with van der Waals surface area (Å²) in [6.07, 6.45) is 3.67. The zero-order valence-electron chi connectivity index (χ0n) is 15.8. The van der Waals surface area contributed by atoms with Crippen molar-refractivity contribution in [3.05, 3.63) is 48.2 Å². The molecule has 0 unspecified atom stereocenters. The molecule has 2 N–H and O–H groups in total. The molecule has 0 bridgehead atoms. The third-order valence-electron chi connectivity index (χ3n) is 5.04. The number of carbonyl (C=O) groups is 1. The Morgan fingerprint density at radius 3 is 2.67 bits per heavy atom. The number of amides is 1. The van der Waals surface area contributed by atoms with Crippen LogP contribution in [-0.4, -0.2) is 39.8 Å². The molecule has 1 fully saturated rings. The van der Waals surface area contributed by atoms with Crippen molar-refractivity contribution in [2.75, 3.05) is 13.1 Å². The Morgan fingerprint density at radius 2 is 1.96 bits per heavy atom. The lowest BCUT2D eigenvalue weighted by Gasteiger charge is -2.23. The molecule has 0 spiro atoms. The van der Waals surface area contributed by atoms with Crippen LogP contribution in [0.5, 0.6) is 0 Å². The zero-order valence-corrected chi connectivity index (χ0v) is 15.8. The Kier molecular flexibility index (Phi) is 4.90. The van der Waals surface area contributed by atoms with Crippen molar-refractivity contribution < 1.29 is 4.79 Å². The minimum absolute atomic E-state index is 0.0465. The van der Waals surface area contributed by atoms with Gasteiger partial charge < -0.3 is 10.6 Å². The molecular formula is C21H25N5O. The summed E-state index contributed by atoms with van der Waals surface area (Å²) in [4.78, 5) is 17.9. The highest BCUT2D eigenvalue weighted by Gasteiger charge is 2.21. The second-order valence-electron chi connectivity index (χ2n) is 7.34. The van der Waals surface area contributed by atoms with E-state index in [0.29, 0.717) is 5.56 Å². The van der Waals surface area contributed by atoms with Crippen LogP contribution in [0.2, 0.25) is 0 Å². The minimum Gasteiger partial charge on any atom is -0.349 e. The van der Waals surface area contributed by atoms with Gasteiger partial charge in [0.2, 0.25) is 0 Å². The number of benzene rings is 1. The van der Waals surface area contributed by atoms with Gasteiger partial charge in [-0.3, -0.25) is 4.79 Å². The van der Waals surface area contributed by atoms with Gasteiger partial charge in [0.15, 0.2) is 5.65 Å². The van der Waals surface area contributed by atoms with Gasteiger partial charge in [0.05, 0.1) is 22.8 Å². The molecule has 6 nitrogen and oxygen atoms in total. The van der Waals surface area contributed by atoms with Gasteiger partial charge in [-0.05, 0) is 45.8 Å². The summed E-state index contributed by atoms with van der Waals surface area (Å²) < 4.78 is 1.88. The van der Waals surface area contributed by atoms with E-state index < -0.39 is 0 Å². The Labute approximate surface area is 159 Å². The van der Waals surface area contributed by atoms with Crippen molar-refractivity contribution in [2.45, 2.75) is 38.8 Å². The van der Waals surface area contributed by atoms with Crippen LogP contribution in [0.4, 0.5) is 0 Å². The Balaban J connectivity index is 1.79. The van der Waals surface area contributed by atoms with Crippen molar-refractivity contribution in [3.8, 4) is 11.3 Å². The lowest BCUT2D eigenvalue weighted by atomic mass is 10.0. The molecule has 1 aliphatic heterocycles. The van der Waals surface area contributed by atoms with Crippen LogP contribution in [0.25, 0.3) is 22.3 Å². The summed E-state index contributed by atoms with van der Waals surface area (Å²) >= 11 is 0. The van der Waals surface area contributed by atoms with Gasteiger partial charge in [-0.15, -0.1) is 0 Å². The van der Waals surface area contributed by atoms with E-state index in [0.717, 1.165) is 48.2 Å². The Hall–Kier alpha value is -2.73. The smallest absolute Gasteiger partial charge is 0.252 e. The molecule has 0 aliphatic carbocycles. The molecule has 3 heterocycles. The molecule has 2 aromatic heterocycles. The Morgan fingerprint density at radius 1 is 1.22 bits per heavy atom. The minimum atomic E-state index is -0.0465. The SMILES string of the molecule is CC(C)n1ncc2c(C(=O)NC3CCNCC3)cc(-c3ccccc3)nc21. The number of nitrogens with zero attached hydrogens (tertiary/aromatic N) is 3. The Bertz CT molecular complexity index is 942. The number of pyridine rings is 1. The van der Waals surface area contributed by atoms with Gasteiger partial charge in [0.1, 0.15) is 0 Å². The van der Waals surface area contributed by atoms with E-state index in [9.17, 15) is 4.79 Å². The summed E-state index contributed by atoms with van der Waals surface area (Å²) in [6.45, 7) is 6.02. The predicted molar refractivity (Wildman–Crippen MR) is 107 cm³/mol. The number of nitrogens with one attached hydrogen (secondary N) is 2. The fourth-order valence-corrected chi connectivity index (χ4v) is 3.57. The van der Waals surface area contributed by atoms with Crippen molar-refractivity contribution >= 4 is 16.9 Å². The largest absolute Gasteiger partial charge is 0.349 e. The fourth-order valence-electron chi connectivity index (χ4n) is 3.57. The molecule has 27 heavy (non-hydrogen) atoms. The van der Waals surface area contributed by atoms with Gasteiger partial charge in [-0.25, -0.2) is 9.67 Å². The van der Waals surface area contributed by atoms with Gasteiger partial charge >= 0.3 is 0 Å². The standard InChI is InChI=1S/C21H25N5O/c1-14(2)26-20-18(13-23-26)17(21(27)24-16-8-10-22-11-9-16)12-19(25-20)15-6-4-3-5-7-15/h3-7,12-14,16,22H,8-11H2,1-2H3,(H,24,27). The highest BCUT2D eigenvalue weighted by atomic mass is 16.1. The van der Waals surface area contributed by atoms with E-state index in [4.69, 9.17) is 4.98 Å². The molecule has 1 saturated heterocycles. The van der Waals surface area contributed by atoms with Crippen LogP contribution >= 0.6 is 0 Å². The van der Waals surface area contributed by atoms with Crippen molar-refractivity contribution in [2.24, 2.45) is 0 Å². The molecular weight excluding hydrogens is 338 g/mol. The molecule has 1 amide bonds. The number of piperidine rings is 1. The molecule has 1 aromatic carbocycles. The molecule has 4 rings (SSSR count). The number of rotatable bonds is 4. The first-order valence-corrected chi connectivity index (χ1v) is 9.59. The normalized spacial score (nSPS) is 15.4. The zero-order chi connectivity index (χ0) is 18.8.